The summed E-state index contributed by atoms with van der Waals surface area (Å²) in [6.45, 7) is 1.91. The largest absolute Gasteiger partial charge is 0.353 e. The second-order valence-electron chi connectivity index (χ2n) is 6.12. The number of nitrogens with zero attached hydrogens (tertiary/aromatic N) is 4. The molecule has 8 heteroatoms. The molecule has 4 rings (SSSR count). The van der Waals surface area contributed by atoms with E-state index < -0.39 is 4.92 Å². The van der Waals surface area contributed by atoms with Gasteiger partial charge in [-0.3, -0.25) is 15.1 Å². The van der Waals surface area contributed by atoms with Gasteiger partial charge in [0.25, 0.3) is 0 Å². The fourth-order valence-corrected chi connectivity index (χ4v) is 2.92. The molecule has 0 radical (unpaired) electrons. The number of hydrogen-bond acceptors (Lipinski definition) is 7. The van der Waals surface area contributed by atoms with E-state index in [2.05, 4.69) is 25.6 Å². The summed E-state index contributed by atoms with van der Waals surface area (Å²) in [6.07, 6.45) is 2.99. The third-order valence-electron chi connectivity index (χ3n) is 4.30. The van der Waals surface area contributed by atoms with E-state index in [1.807, 2.05) is 61.5 Å². The van der Waals surface area contributed by atoms with Gasteiger partial charge in [-0.2, -0.15) is 0 Å². The van der Waals surface area contributed by atoms with Crippen molar-refractivity contribution in [3.05, 3.63) is 82.8 Å². The number of benzene rings is 2. The molecule has 0 atom stereocenters. The van der Waals surface area contributed by atoms with Gasteiger partial charge in [0, 0.05) is 23.0 Å². The highest BCUT2D eigenvalue weighted by atomic mass is 16.6. The summed E-state index contributed by atoms with van der Waals surface area (Å²) < 4.78 is 0. The molecule has 2 aromatic heterocycles. The molecular formula is C20H16N6O2. The van der Waals surface area contributed by atoms with Crippen LogP contribution in [0.5, 0.6) is 0 Å². The maximum absolute atomic E-state index is 11.8. The molecule has 0 aliphatic rings. The van der Waals surface area contributed by atoms with Crippen molar-refractivity contribution in [1.82, 2.24) is 15.0 Å². The minimum Gasteiger partial charge on any atom is -0.334 e. The first-order valence-corrected chi connectivity index (χ1v) is 8.56. The molecule has 2 heterocycles. The van der Waals surface area contributed by atoms with E-state index in [-0.39, 0.29) is 17.3 Å². The lowest BCUT2D eigenvalue weighted by molar-refractivity contribution is -0.383. The molecule has 28 heavy (non-hydrogen) atoms. The molecule has 0 saturated carbocycles. The Kier molecular flexibility index (Phi) is 4.51. The zero-order chi connectivity index (χ0) is 19.5. The normalized spacial score (nSPS) is 10.6. The van der Waals surface area contributed by atoms with Crippen molar-refractivity contribution in [2.24, 2.45) is 0 Å². The van der Waals surface area contributed by atoms with Crippen LogP contribution in [0.4, 0.5) is 28.7 Å². The Hall–Kier alpha value is -4.07. The molecule has 0 unspecified atom stereocenters. The van der Waals surface area contributed by atoms with Crippen LogP contribution in [0.1, 0.15) is 5.56 Å². The molecule has 0 bridgehead atoms. The topological polar surface area (TPSA) is 106 Å². The quantitative estimate of drug-likeness (QED) is 0.385. The van der Waals surface area contributed by atoms with Gasteiger partial charge < -0.3 is 10.6 Å². The van der Waals surface area contributed by atoms with E-state index in [0.717, 1.165) is 22.2 Å². The van der Waals surface area contributed by atoms with Gasteiger partial charge in [0.15, 0.2) is 0 Å². The average molecular weight is 372 g/mol. The minimum atomic E-state index is -0.494. The van der Waals surface area contributed by atoms with Gasteiger partial charge in [0.05, 0.1) is 10.4 Å². The number of aromatic nitrogens is 3. The van der Waals surface area contributed by atoms with Crippen molar-refractivity contribution in [3.63, 3.8) is 0 Å². The van der Waals surface area contributed by atoms with Crippen molar-refractivity contribution in [3.8, 4) is 0 Å². The third kappa shape index (κ3) is 3.30. The number of rotatable bonds is 5. The lowest BCUT2D eigenvalue weighted by Crippen LogP contribution is -2.06. The van der Waals surface area contributed by atoms with Crippen LogP contribution >= 0.6 is 0 Å². The number of para-hydroxylation sites is 1. The summed E-state index contributed by atoms with van der Waals surface area (Å²) in [7, 11) is 0. The Labute approximate surface area is 160 Å². The van der Waals surface area contributed by atoms with Crippen molar-refractivity contribution >= 4 is 39.6 Å². The summed E-state index contributed by atoms with van der Waals surface area (Å²) in [5.74, 6) is 0.225. The van der Waals surface area contributed by atoms with E-state index in [4.69, 9.17) is 0 Å². The van der Waals surface area contributed by atoms with Crippen LogP contribution in [0.25, 0.3) is 10.9 Å². The van der Waals surface area contributed by atoms with Gasteiger partial charge in [0.1, 0.15) is 6.33 Å². The monoisotopic (exact) mass is 372 g/mol. The van der Waals surface area contributed by atoms with E-state index in [9.17, 15) is 10.1 Å². The van der Waals surface area contributed by atoms with Gasteiger partial charge >= 0.3 is 5.69 Å². The predicted octanol–water partition coefficient (Wildman–Crippen LogP) is 4.73. The number of anilines is 4. The Morgan fingerprint density at radius 1 is 0.857 bits per heavy atom. The van der Waals surface area contributed by atoms with Crippen LogP contribution in [-0.4, -0.2) is 19.9 Å². The van der Waals surface area contributed by atoms with Crippen molar-refractivity contribution in [2.45, 2.75) is 6.92 Å². The van der Waals surface area contributed by atoms with Crippen molar-refractivity contribution in [1.29, 1.82) is 0 Å². The predicted molar refractivity (Wildman–Crippen MR) is 108 cm³/mol. The number of pyridine rings is 1. The van der Waals surface area contributed by atoms with E-state index in [1.165, 1.54) is 6.33 Å². The van der Waals surface area contributed by atoms with Crippen LogP contribution in [0, 0.1) is 17.0 Å². The summed E-state index contributed by atoms with van der Waals surface area (Å²) >= 11 is 0. The number of aryl methyl sites for hydroxylation is 1. The SMILES string of the molecule is Cc1ccccc1Nc1ncnc(Nc2cccc3ncccc23)c1[N+](=O)[O-]. The number of fused-ring (bicyclic) bond motifs is 1. The summed E-state index contributed by atoms with van der Waals surface area (Å²) in [4.78, 5) is 23.8. The van der Waals surface area contributed by atoms with Gasteiger partial charge in [-0.1, -0.05) is 24.3 Å². The molecule has 0 aliphatic carbocycles. The van der Waals surface area contributed by atoms with Crippen LogP contribution in [0.2, 0.25) is 0 Å². The number of hydrogen-bond donors (Lipinski definition) is 2. The maximum atomic E-state index is 11.8. The van der Waals surface area contributed by atoms with Gasteiger partial charge in [-0.15, -0.1) is 0 Å². The zero-order valence-electron chi connectivity index (χ0n) is 15.0. The Morgan fingerprint density at radius 3 is 2.32 bits per heavy atom. The molecule has 0 fully saturated rings. The highest BCUT2D eigenvalue weighted by molar-refractivity contribution is 5.93. The van der Waals surface area contributed by atoms with Gasteiger partial charge in [-0.25, -0.2) is 9.97 Å². The molecular weight excluding hydrogens is 356 g/mol. The van der Waals surface area contributed by atoms with Crippen LogP contribution < -0.4 is 10.6 Å². The van der Waals surface area contributed by atoms with Gasteiger partial charge in [0.2, 0.25) is 11.6 Å². The number of nitrogens with one attached hydrogen (secondary N) is 2. The summed E-state index contributed by atoms with van der Waals surface area (Å²) in [6, 6.07) is 16.7. The molecule has 0 spiro atoms. The Bertz CT molecular complexity index is 1170. The maximum Gasteiger partial charge on any atom is 0.353 e. The molecule has 138 valence electrons. The molecule has 0 amide bonds. The number of nitro groups is 1. The first-order chi connectivity index (χ1) is 13.6. The molecule has 0 saturated heterocycles. The second-order valence-corrected chi connectivity index (χ2v) is 6.12. The molecule has 2 aromatic carbocycles. The molecule has 4 aromatic rings. The highest BCUT2D eigenvalue weighted by Gasteiger charge is 2.24. The lowest BCUT2D eigenvalue weighted by Gasteiger charge is -2.12. The van der Waals surface area contributed by atoms with Crippen LogP contribution in [-0.2, 0) is 0 Å². The van der Waals surface area contributed by atoms with Crippen LogP contribution in [0.15, 0.2) is 67.1 Å². The molecule has 8 nitrogen and oxygen atoms in total. The first-order valence-electron chi connectivity index (χ1n) is 8.56. The van der Waals surface area contributed by atoms with Gasteiger partial charge in [-0.05, 0) is 42.8 Å². The van der Waals surface area contributed by atoms with Crippen molar-refractivity contribution < 1.29 is 4.92 Å². The third-order valence-corrected chi connectivity index (χ3v) is 4.30. The Morgan fingerprint density at radius 2 is 1.57 bits per heavy atom. The minimum absolute atomic E-state index is 0.104. The van der Waals surface area contributed by atoms with Crippen LogP contribution in [0.3, 0.4) is 0 Å². The fraction of sp³-hybridized carbons (Fsp3) is 0.0500. The molecule has 0 aliphatic heterocycles. The fourth-order valence-electron chi connectivity index (χ4n) is 2.92. The van der Waals surface area contributed by atoms with E-state index in [0.29, 0.717) is 5.69 Å². The summed E-state index contributed by atoms with van der Waals surface area (Å²) in [5.41, 5.74) is 2.91. The second kappa shape index (κ2) is 7.28. The average Bonchev–Trinajstić information content (AvgIpc) is 2.70. The lowest BCUT2D eigenvalue weighted by atomic mass is 10.2. The highest BCUT2D eigenvalue weighted by Crippen LogP contribution is 2.35. The van der Waals surface area contributed by atoms with E-state index >= 15 is 0 Å². The summed E-state index contributed by atoms with van der Waals surface area (Å²) in [5, 5.41) is 18.7. The van der Waals surface area contributed by atoms with E-state index in [1.54, 1.807) is 6.20 Å². The molecule has 2 N–H and O–H groups in total. The Balaban J connectivity index is 1.77. The zero-order valence-corrected chi connectivity index (χ0v) is 15.0. The standard InChI is InChI=1S/C20H16N6O2/c1-13-6-2-3-8-15(13)24-19-18(26(27)28)20(23-12-22-19)25-17-10-4-9-16-14(17)7-5-11-21-16/h2-12H,1H3,(H2,22,23,24,25). The smallest absolute Gasteiger partial charge is 0.334 e. The first kappa shape index (κ1) is 17.3. The van der Waals surface area contributed by atoms with Crippen molar-refractivity contribution in [2.75, 3.05) is 10.6 Å².